The number of aromatic nitrogens is 1. The Morgan fingerprint density at radius 3 is 2.50 bits per heavy atom. The minimum absolute atomic E-state index is 0.439. The molecule has 0 saturated carbocycles. The third-order valence-electron chi connectivity index (χ3n) is 7.50. The molecule has 0 unspecified atom stereocenters. The van der Waals surface area contributed by atoms with E-state index in [0.717, 1.165) is 78.5 Å². The largest absolute Gasteiger partial charge is 0.489 e. The standard InChI is InChI=1S/C32H36N4O2/c1-33-27-11-13-28(14-12-27)37-23-26-10-15-29-31(34-38-32(29)30(26)22-35(2)3)16-9-24-17-19-36(20-18-24)21-25-7-5-4-6-8-25/h4-8,10-15,24H,9,16-23H2,2-3H3. The van der Waals surface area contributed by atoms with E-state index in [1.54, 1.807) is 12.1 Å². The van der Waals surface area contributed by atoms with Gasteiger partial charge in [-0.3, -0.25) is 4.90 Å². The first-order chi connectivity index (χ1) is 18.6. The zero-order valence-electron chi connectivity index (χ0n) is 22.4. The van der Waals surface area contributed by atoms with E-state index >= 15 is 0 Å². The summed E-state index contributed by atoms with van der Waals surface area (Å²) in [5.74, 6) is 1.48. The van der Waals surface area contributed by atoms with Crippen LogP contribution in [0.1, 0.15) is 41.6 Å². The Morgan fingerprint density at radius 2 is 1.79 bits per heavy atom. The number of likely N-dealkylation sites (tertiary alicyclic amines) is 1. The van der Waals surface area contributed by atoms with Gasteiger partial charge in [0.25, 0.3) is 0 Å². The molecule has 0 N–H and O–H groups in total. The van der Waals surface area contributed by atoms with Crippen molar-refractivity contribution in [2.75, 3.05) is 27.2 Å². The van der Waals surface area contributed by atoms with Gasteiger partial charge in [-0.05, 0) is 88.1 Å². The van der Waals surface area contributed by atoms with E-state index in [2.05, 4.69) is 76.4 Å². The SMILES string of the molecule is [C-]#[N+]c1ccc(OCc2ccc3c(CCC4CCN(Cc5ccccc5)CC4)noc3c2CN(C)C)cc1. The van der Waals surface area contributed by atoms with Crippen molar-refractivity contribution < 1.29 is 9.26 Å². The van der Waals surface area contributed by atoms with Crippen LogP contribution in [0.3, 0.4) is 0 Å². The number of hydrogen-bond acceptors (Lipinski definition) is 5. The van der Waals surface area contributed by atoms with Crippen LogP contribution < -0.4 is 4.74 Å². The van der Waals surface area contributed by atoms with Gasteiger partial charge in [-0.15, -0.1) is 0 Å². The van der Waals surface area contributed by atoms with Crippen LogP contribution in [0, 0.1) is 12.5 Å². The topological polar surface area (TPSA) is 46.1 Å². The molecule has 0 aliphatic carbocycles. The van der Waals surface area contributed by atoms with Gasteiger partial charge in [-0.1, -0.05) is 53.7 Å². The Bertz CT molecular complexity index is 1360. The van der Waals surface area contributed by atoms with Crippen molar-refractivity contribution in [2.45, 2.75) is 45.4 Å². The summed E-state index contributed by atoms with van der Waals surface area (Å²) >= 11 is 0. The average molecular weight is 509 g/mol. The van der Waals surface area contributed by atoms with Crippen LogP contribution in [0.5, 0.6) is 5.75 Å². The van der Waals surface area contributed by atoms with Crippen molar-refractivity contribution in [1.29, 1.82) is 0 Å². The molecule has 196 valence electrons. The molecule has 3 aromatic carbocycles. The molecule has 38 heavy (non-hydrogen) atoms. The molecule has 1 aliphatic rings. The van der Waals surface area contributed by atoms with E-state index in [1.807, 2.05) is 12.1 Å². The summed E-state index contributed by atoms with van der Waals surface area (Å²) in [6, 6.07) is 22.3. The van der Waals surface area contributed by atoms with Gasteiger partial charge in [0.1, 0.15) is 12.4 Å². The van der Waals surface area contributed by atoms with Crippen molar-refractivity contribution in [3.05, 3.63) is 101 Å². The Labute approximate surface area is 225 Å². The maximum Gasteiger partial charge on any atom is 0.187 e. The van der Waals surface area contributed by atoms with Gasteiger partial charge in [0, 0.05) is 24.0 Å². The highest BCUT2D eigenvalue weighted by Crippen LogP contribution is 2.30. The molecule has 0 amide bonds. The Morgan fingerprint density at radius 1 is 1.03 bits per heavy atom. The van der Waals surface area contributed by atoms with Crippen LogP contribution >= 0.6 is 0 Å². The van der Waals surface area contributed by atoms with Crippen molar-refractivity contribution in [3.63, 3.8) is 0 Å². The third kappa shape index (κ3) is 6.42. The van der Waals surface area contributed by atoms with Gasteiger partial charge in [-0.2, -0.15) is 0 Å². The predicted octanol–water partition coefficient (Wildman–Crippen LogP) is 6.86. The maximum absolute atomic E-state index is 7.12. The Hall–Kier alpha value is -3.66. The number of benzene rings is 3. The highest BCUT2D eigenvalue weighted by atomic mass is 16.5. The van der Waals surface area contributed by atoms with Gasteiger partial charge in [0.2, 0.25) is 0 Å². The zero-order chi connectivity index (χ0) is 26.3. The summed E-state index contributed by atoms with van der Waals surface area (Å²) in [6.07, 6.45) is 4.58. The summed E-state index contributed by atoms with van der Waals surface area (Å²) in [7, 11) is 4.13. The van der Waals surface area contributed by atoms with Crippen molar-refractivity contribution >= 4 is 16.7 Å². The molecule has 0 bridgehead atoms. The lowest BCUT2D eigenvalue weighted by Crippen LogP contribution is -2.33. The second kappa shape index (κ2) is 12.3. The van der Waals surface area contributed by atoms with Crippen molar-refractivity contribution in [2.24, 2.45) is 5.92 Å². The Balaban J connectivity index is 1.22. The van der Waals surface area contributed by atoms with Gasteiger partial charge in [-0.25, -0.2) is 4.85 Å². The van der Waals surface area contributed by atoms with Crippen LogP contribution in [-0.4, -0.2) is 42.1 Å². The van der Waals surface area contributed by atoms with Gasteiger partial charge < -0.3 is 14.2 Å². The number of aryl methyl sites for hydroxylation is 1. The van der Waals surface area contributed by atoms with Crippen LogP contribution in [0.4, 0.5) is 5.69 Å². The highest BCUT2D eigenvalue weighted by molar-refractivity contribution is 5.83. The predicted molar refractivity (Wildman–Crippen MR) is 151 cm³/mol. The molecule has 1 saturated heterocycles. The summed E-state index contributed by atoms with van der Waals surface area (Å²) in [4.78, 5) is 8.17. The van der Waals surface area contributed by atoms with E-state index in [4.69, 9.17) is 15.8 Å². The summed E-state index contributed by atoms with van der Waals surface area (Å²) in [5.41, 5.74) is 6.16. The Kier molecular flexibility index (Phi) is 8.37. The third-order valence-corrected chi connectivity index (χ3v) is 7.50. The number of fused-ring (bicyclic) bond motifs is 1. The minimum Gasteiger partial charge on any atom is -0.489 e. The molecule has 1 aromatic heterocycles. The lowest BCUT2D eigenvalue weighted by Gasteiger charge is -2.32. The highest BCUT2D eigenvalue weighted by Gasteiger charge is 2.21. The van der Waals surface area contributed by atoms with Gasteiger partial charge in [0.15, 0.2) is 11.3 Å². The first kappa shape index (κ1) is 26.0. The van der Waals surface area contributed by atoms with Crippen LogP contribution in [0.25, 0.3) is 15.8 Å². The normalized spacial score (nSPS) is 14.7. The number of piperidine rings is 1. The monoisotopic (exact) mass is 508 g/mol. The fourth-order valence-electron chi connectivity index (χ4n) is 5.35. The first-order valence-corrected chi connectivity index (χ1v) is 13.5. The summed E-state index contributed by atoms with van der Waals surface area (Å²) in [6.45, 7) is 11.7. The maximum atomic E-state index is 7.12. The fourth-order valence-corrected chi connectivity index (χ4v) is 5.35. The fraction of sp³-hybridized carbons (Fsp3) is 0.375. The quantitative estimate of drug-likeness (QED) is 0.219. The lowest BCUT2D eigenvalue weighted by atomic mass is 9.90. The number of ether oxygens (including phenoxy) is 1. The molecule has 4 aromatic rings. The minimum atomic E-state index is 0.439. The van der Waals surface area contributed by atoms with Gasteiger partial charge in [0.05, 0.1) is 12.3 Å². The molecular weight excluding hydrogens is 472 g/mol. The van der Waals surface area contributed by atoms with Crippen molar-refractivity contribution in [3.8, 4) is 5.75 Å². The average Bonchev–Trinajstić information content (AvgIpc) is 3.36. The van der Waals surface area contributed by atoms with Crippen LogP contribution in [0.15, 0.2) is 71.3 Å². The van der Waals surface area contributed by atoms with Crippen molar-refractivity contribution in [1.82, 2.24) is 15.0 Å². The van der Waals surface area contributed by atoms with Crippen LogP contribution in [0.2, 0.25) is 0 Å². The molecule has 6 heteroatoms. The van der Waals surface area contributed by atoms with Crippen LogP contribution in [-0.2, 0) is 26.1 Å². The molecule has 1 aliphatic heterocycles. The lowest BCUT2D eigenvalue weighted by molar-refractivity contribution is 0.172. The second-order valence-corrected chi connectivity index (χ2v) is 10.6. The van der Waals surface area contributed by atoms with E-state index in [-0.39, 0.29) is 0 Å². The van der Waals surface area contributed by atoms with Gasteiger partial charge >= 0.3 is 0 Å². The molecule has 1 fully saturated rings. The zero-order valence-corrected chi connectivity index (χ0v) is 22.4. The summed E-state index contributed by atoms with van der Waals surface area (Å²) < 4.78 is 12.0. The molecule has 2 heterocycles. The molecular formula is C32H36N4O2. The number of rotatable bonds is 10. The van der Waals surface area contributed by atoms with E-state index in [1.165, 1.54) is 18.4 Å². The smallest absolute Gasteiger partial charge is 0.187 e. The summed E-state index contributed by atoms with van der Waals surface area (Å²) in [5, 5.41) is 5.64. The number of hydrogen-bond donors (Lipinski definition) is 0. The molecule has 5 rings (SSSR count). The van der Waals surface area contributed by atoms with E-state index in [0.29, 0.717) is 12.3 Å². The molecule has 6 nitrogen and oxygen atoms in total. The molecule has 0 atom stereocenters. The molecule has 0 radical (unpaired) electrons. The second-order valence-electron chi connectivity index (χ2n) is 10.6. The first-order valence-electron chi connectivity index (χ1n) is 13.5. The van der Waals surface area contributed by atoms with E-state index in [9.17, 15) is 0 Å². The molecule has 0 spiro atoms. The number of nitrogens with zero attached hydrogens (tertiary/aromatic N) is 4. The van der Waals surface area contributed by atoms with E-state index < -0.39 is 0 Å².